The Morgan fingerprint density at radius 3 is 2.44 bits per heavy atom. The lowest BCUT2D eigenvalue weighted by atomic mass is 10.2. The number of aryl methyl sites for hydroxylation is 1. The smallest absolute Gasteiger partial charge is 0.0947 e. The lowest BCUT2D eigenvalue weighted by Gasteiger charge is -2.36. The monoisotopic (exact) mass is 222 g/mol. The molecule has 4 heteroatoms. The first-order valence-corrected chi connectivity index (χ1v) is 6.08. The molecule has 1 fully saturated rings. The highest BCUT2D eigenvalue weighted by Crippen LogP contribution is 2.08. The molecule has 0 saturated carbocycles. The highest BCUT2D eigenvalue weighted by atomic mass is 15.3. The quantitative estimate of drug-likeness (QED) is 0.761. The standard InChI is InChI=1S/C12H22N4/c1-11(2)16-6-4-15(5-7-16)9-12-8-14(3)10-13-12/h8,10-11H,4-7,9H2,1-3H3. The van der Waals surface area contributed by atoms with E-state index in [0.717, 1.165) is 19.6 Å². The molecule has 16 heavy (non-hydrogen) atoms. The Kier molecular flexibility index (Phi) is 3.61. The average Bonchev–Trinajstić information content (AvgIpc) is 2.65. The summed E-state index contributed by atoms with van der Waals surface area (Å²) in [7, 11) is 2.02. The van der Waals surface area contributed by atoms with Crippen LogP contribution >= 0.6 is 0 Å². The van der Waals surface area contributed by atoms with Crippen LogP contribution in [-0.2, 0) is 13.6 Å². The Morgan fingerprint density at radius 1 is 1.25 bits per heavy atom. The molecular weight excluding hydrogens is 200 g/mol. The molecule has 0 aromatic carbocycles. The average molecular weight is 222 g/mol. The molecule has 1 saturated heterocycles. The van der Waals surface area contributed by atoms with Gasteiger partial charge in [0, 0.05) is 52.0 Å². The zero-order valence-corrected chi connectivity index (χ0v) is 10.6. The Balaban J connectivity index is 1.81. The molecule has 0 amide bonds. The first kappa shape index (κ1) is 11.6. The Labute approximate surface area is 97.9 Å². The Morgan fingerprint density at radius 2 is 1.94 bits per heavy atom. The second-order valence-corrected chi connectivity index (χ2v) is 4.94. The zero-order chi connectivity index (χ0) is 11.5. The van der Waals surface area contributed by atoms with Crippen LogP contribution in [0.3, 0.4) is 0 Å². The number of nitrogens with zero attached hydrogens (tertiary/aromatic N) is 4. The third-order valence-electron chi connectivity index (χ3n) is 3.28. The summed E-state index contributed by atoms with van der Waals surface area (Å²) >= 11 is 0. The van der Waals surface area contributed by atoms with Crippen molar-refractivity contribution < 1.29 is 0 Å². The van der Waals surface area contributed by atoms with Gasteiger partial charge < -0.3 is 4.57 Å². The molecule has 0 aliphatic carbocycles. The van der Waals surface area contributed by atoms with Crippen molar-refractivity contribution in [1.82, 2.24) is 19.4 Å². The lowest BCUT2D eigenvalue weighted by molar-refractivity contribution is 0.103. The normalized spacial score (nSPS) is 19.5. The van der Waals surface area contributed by atoms with Crippen molar-refractivity contribution in [1.29, 1.82) is 0 Å². The SMILES string of the molecule is CC(C)N1CCN(Cc2cn(C)cn2)CC1. The molecule has 2 rings (SSSR count). The van der Waals surface area contributed by atoms with E-state index in [4.69, 9.17) is 0 Å². The highest BCUT2D eigenvalue weighted by molar-refractivity contribution is 4.96. The number of rotatable bonds is 3. The van der Waals surface area contributed by atoms with Crippen LogP contribution in [0.5, 0.6) is 0 Å². The lowest BCUT2D eigenvalue weighted by Crippen LogP contribution is -2.48. The van der Waals surface area contributed by atoms with Crippen LogP contribution in [0.4, 0.5) is 0 Å². The van der Waals surface area contributed by atoms with Gasteiger partial charge in [-0.05, 0) is 13.8 Å². The van der Waals surface area contributed by atoms with Crippen LogP contribution in [-0.4, -0.2) is 51.6 Å². The largest absolute Gasteiger partial charge is 0.340 e. The maximum atomic E-state index is 4.37. The summed E-state index contributed by atoms with van der Waals surface area (Å²) in [4.78, 5) is 9.40. The summed E-state index contributed by atoms with van der Waals surface area (Å²) < 4.78 is 2.01. The molecule has 0 atom stereocenters. The number of hydrogen-bond acceptors (Lipinski definition) is 3. The molecule has 1 aliphatic rings. The van der Waals surface area contributed by atoms with Crippen molar-refractivity contribution >= 4 is 0 Å². The second-order valence-electron chi connectivity index (χ2n) is 4.94. The fraction of sp³-hybridized carbons (Fsp3) is 0.750. The maximum Gasteiger partial charge on any atom is 0.0947 e. The molecular formula is C12H22N4. The second kappa shape index (κ2) is 4.97. The first-order chi connectivity index (χ1) is 7.65. The van der Waals surface area contributed by atoms with Gasteiger partial charge in [0.05, 0.1) is 12.0 Å². The number of hydrogen-bond donors (Lipinski definition) is 0. The molecule has 0 radical (unpaired) electrons. The fourth-order valence-electron chi connectivity index (χ4n) is 2.22. The number of piperazine rings is 1. The minimum Gasteiger partial charge on any atom is -0.340 e. The van der Waals surface area contributed by atoms with Gasteiger partial charge in [-0.3, -0.25) is 9.80 Å². The van der Waals surface area contributed by atoms with Crippen molar-refractivity contribution in [3.63, 3.8) is 0 Å². The van der Waals surface area contributed by atoms with Gasteiger partial charge >= 0.3 is 0 Å². The van der Waals surface area contributed by atoms with Crippen LogP contribution in [0.2, 0.25) is 0 Å². The van der Waals surface area contributed by atoms with Crippen LogP contribution in [0.1, 0.15) is 19.5 Å². The molecule has 1 aromatic rings. The molecule has 0 N–H and O–H groups in total. The predicted octanol–water partition coefficient (Wildman–Crippen LogP) is 0.946. The molecule has 0 spiro atoms. The van der Waals surface area contributed by atoms with E-state index in [0.29, 0.717) is 6.04 Å². The van der Waals surface area contributed by atoms with Gasteiger partial charge in [0.2, 0.25) is 0 Å². The summed E-state index contributed by atoms with van der Waals surface area (Å²) in [5, 5.41) is 0. The Hall–Kier alpha value is -0.870. The maximum absolute atomic E-state index is 4.37. The topological polar surface area (TPSA) is 24.3 Å². The van der Waals surface area contributed by atoms with E-state index >= 15 is 0 Å². The minimum atomic E-state index is 0.678. The summed E-state index contributed by atoms with van der Waals surface area (Å²) in [6, 6.07) is 0.678. The number of imidazole rings is 1. The van der Waals surface area contributed by atoms with Crippen LogP contribution in [0.15, 0.2) is 12.5 Å². The highest BCUT2D eigenvalue weighted by Gasteiger charge is 2.18. The summed E-state index contributed by atoms with van der Waals surface area (Å²) in [6.07, 6.45) is 3.98. The molecule has 2 heterocycles. The third kappa shape index (κ3) is 2.83. The summed E-state index contributed by atoms with van der Waals surface area (Å²) in [6.45, 7) is 10.2. The molecule has 1 aromatic heterocycles. The van der Waals surface area contributed by atoms with E-state index in [1.54, 1.807) is 0 Å². The van der Waals surface area contributed by atoms with Crippen LogP contribution in [0, 0.1) is 0 Å². The van der Waals surface area contributed by atoms with Gasteiger partial charge in [0.15, 0.2) is 0 Å². The van der Waals surface area contributed by atoms with E-state index in [1.807, 2.05) is 17.9 Å². The third-order valence-corrected chi connectivity index (χ3v) is 3.28. The van der Waals surface area contributed by atoms with E-state index in [2.05, 4.69) is 34.8 Å². The fourth-order valence-corrected chi connectivity index (χ4v) is 2.22. The predicted molar refractivity (Wildman–Crippen MR) is 65.2 cm³/mol. The Bertz CT molecular complexity index is 324. The van der Waals surface area contributed by atoms with Gasteiger partial charge in [0.25, 0.3) is 0 Å². The summed E-state index contributed by atoms with van der Waals surface area (Å²) in [5.41, 5.74) is 1.18. The van der Waals surface area contributed by atoms with Gasteiger partial charge in [-0.25, -0.2) is 4.98 Å². The molecule has 4 nitrogen and oxygen atoms in total. The van der Waals surface area contributed by atoms with Crippen molar-refractivity contribution in [3.05, 3.63) is 18.2 Å². The molecule has 90 valence electrons. The zero-order valence-electron chi connectivity index (χ0n) is 10.6. The molecule has 0 unspecified atom stereocenters. The minimum absolute atomic E-state index is 0.678. The van der Waals surface area contributed by atoms with Gasteiger partial charge in [0.1, 0.15) is 0 Å². The van der Waals surface area contributed by atoms with Crippen LogP contribution in [0.25, 0.3) is 0 Å². The van der Waals surface area contributed by atoms with Crippen LogP contribution < -0.4 is 0 Å². The molecule has 0 bridgehead atoms. The van der Waals surface area contributed by atoms with Crippen molar-refractivity contribution in [2.24, 2.45) is 7.05 Å². The van der Waals surface area contributed by atoms with Gasteiger partial charge in [-0.2, -0.15) is 0 Å². The van der Waals surface area contributed by atoms with Crippen molar-refractivity contribution in [3.8, 4) is 0 Å². The van der Waals surface area contributed by atoms with Gasteiger partial charge in [-0.15, -0.1) is 0 Å². The van der Waals surface area contributed by atoms with E-state index in [1.165, 1.54) is 18.8 Å². The van der Waals surface area contributed by atoms with Gasteiger partial charge in [-0.1, -0.05) is 0 Å². The molecule has 1 aliphatic heterocycles. The van der Waals surface area contributed by atoms with E-state index < -0.39 is 0 Å². The van der Waals surface area contributed by atoms with E-state index in [-0.39, 0.29) is 0 Å². The van der Waals surface area contributed by atoms with E-state index in [9.17, 15) is 0 Å². The summed E-state index contributed by atoms with van der Waals surface area (Å²) in [5.74, 6) is 0. The van der Waals surface area contributed by atoms with Crippen molar-refractivity contribution in [2.75, 3.05) is 26.2 Å². The number of aromatic nitrogens is 2. The van der Waals surface area contributed by atoms with Crippen molar-refractivity contribution in [2.45, 2.75) is 26.4 Å². The first-order valence-electron chi connectivity index (χ1n) is 6.08.